The van der Waals surface area contributed by atoms with Gasteiger partial charge in [0.1, 0.15) is 6.29 Å². The van der Waals surface area contributed by atoms with Gasteiger partial charge in [0.15, 0.2) is 11.5 Å². The summed E-state index contributed by atoms with van der Waals surface area (Å²) in [7, 11) is 2.03. The number of hydrogen-bond acceptors (Lipinski definition) is 7. The summed E-state index contributed by atoms with van der Waals surface area (Å²) in [6.45, 7) is 4.47. The number of fused-ring (bicyclic) bond motifs is 1. The third-order valence-corrected chi connectivity index (χ3v) is 8.23. The third-order valence-electron chi connectivity index (χ3n) is 7.84. The Hall–Kier alpha value is -1.51. The second-order valence-corrected chi connectivity index (χ2v) is 10.4. The number of halogens is 1. The smallest absolute Gasteiger partial charge is 0.231 e. The van der Waals surface area contributed by atoms with E-state index in [1.807, 2.05) is 13.1 Å². The number of benzene rings is 1. The largest absolute Gasteiger partial charge is 0.453 e. The van der Waals surface area contributed by atoms with Gasteiger partial charge in [-0.3, -0.25) is 10.6 Å². The molecule has 182 valence electrons. The van der Waals surface area contributed by atoms with Crippen molar-refractivity contribution in [1.82, 2.24) is 21.3 Å². The van der Waals surface area contributed by atoms with Crippen LogP contribution in [0.3, 0.4) is 0 Å². The Kier molecular flexibility index (Phi) is 7.04. The number of hydrogen-bond donors (Lipinski definition) is 5. The molecule has 1 saturated heterocycles. The SMILES string of the molecule is CNC1CC(C)(C2CCCCC2)NC(Nc2cc3c(c(C4=CCNCCC4)c2Cl)OCO3)N1. The van der Waals surface area contributed by atoms with E-state index in [1.165, 1.54) is 37.7 Å². The zero-order chi connectivity index (χ0) is 22.8. The molecule has 5 rings (SSSR count). The fourth-order valence-corrected chi connectivity index (χ4v) is 6.32. The molecule has 1 aliphatic carbocycles. The van der Waals surface area contributed by atoms with Crippen LogP contribution in [0.5, 0.6) is 11.5 Å². The van der Waals surface area contributed by atoms with E-state index >= 15 is 0 Å². The Balaban J connectivity index is 1.43. The molecule has 0 bridgehead atoms. The van der Waals surface area contributed by atoms with Crippen molar-refractivity contribution in [2.45, 2.75) is 76.3 Å². The Labute approximate surface area is 202 Å². The Bertz CT molecular complexity index is 888. The van der Waals surface area contributed by atoms with Crippen molar-refractivity contribution >= 4 is 22.9 Å². The summed E-state index contributed by atoms with van der Waals surface area (Å²) < 4.78 is 11.7. The van der Waals surface area contributed by atoms with Gasteiger partial charge in [-0.1, -0.05) is 36.9 Å². The molecule has 1 saturated carbocycles. The lowest BCUT2D eigenvalue weighted by Crippen LogP contribution is -2.71. The van der Waals surface area contributed by atoms with Crippen LogP contribution in [-0.4, -0.2) is 44.9 Å². The quantitative estimate of drug-likeness (QED) is 0.440. The number of allylic oxidation sites excluding steroid dienone is 1. The van der Waals surface area contributed by atoms with E-state index in [2.05, 4.69) is 39.6 Å². The molecule has 7 nitrogen and oxygen atoms in total. The van der Waals surface area contributed by atoms with Gasteiger partial charge >= 0.3 is 0 Å². The lowest BCUT2D eigenvalue weighted by molar-refractivity contribution is 0.0872. The minimum absolute atomic E-state index is 0.0537. The van der Waals surface area contributed by atoms with Crippen LogP contribution in [0.4, 0.5) is 5.69 Å². The van der Waals surface area contributed by atoms with Crippen LogP contribution in [-0.2, 0) is 0 Å². The molecule has 8 heteroatoms. The lowest BCUT2D eigenvalue weighted by Gasteiger charge is -2.50. The van der Waals surface area contributed by atoms with Gasteiger partial charge in [0.25, 0.3) is 0 Å². The van der Waals surface area contributed by atoms with E-state index in [0.29, 0.717) is 10.9 Å². The summed E-state index contributed by atoms with van der Waals surface area (Å²) >= 11 is 7.06. The molecule has 1 aromatic rings. The van der Waals surface area contributed by atoms with E-state index in [4.69, 9.17) is 21.1 Å². The van der Waals surface area contributed by atoms with Crippen molar-refractivity contribution in [1.29, 1.82) is 0 Å². The molecule has 0 radical (unpaired) electrons. The lowest BCUT2D eigenvalue weighted by atomic mass is 9.72. The molecular formula is C25H38ClN5O2. The van der Waals surface area contributed by atoms with Crippen LogP contribution in [0.1, 0.15) is 63.9 Å². The Morgan fingerprint density at radius 1 is 1.15 bits per heavy atom. The van der Waals surface area contributed by atoms with Crippen LogP contribution < -0.4 is 36.1 Å². The summed E-state index contributed by atoms with van der Waals surface area (Å²) in [4.78, 5) is 0. The minimum Gasteiger partial charge on any atom is -0.453 e. The topological polar surface area (TPSA) is 78.6 Å². The highest BCUT2D eigenvalue weighted by Gasteiger charge is 2.42. The zero-order valence-corrected chi connectivity index (χ0v) is 20.6. The van der Waals surface area contributed by atoms with Gasteiger partial charge in [0.2, 0.25) is 6.79 Å². The molecule has 0 aromatic heterocycles. The van der Waals surface area contributed by atoms with Crippen molar-refractivity contribution < 1.29 is 9.47 Å². The van der Waals surface area contributed by atoms with Crippen LogP contribution >= 0.6 is 11.6 Å². The van der Waals surface area contributed by atoms with Gasteiger partial charge in [0.05, 0.1) is 16.9 Å². The summed E-state index contributed by atoms with van der Waals surface area (Å²) in [5.74, 6) is 2.20. The summed E-state index contributed by atoms with van der Waals surface area (Å²) in [5, 5.41) is 18.8. The molecule has 3 atom stereocenters. The predicted octanol–water partition coefficient (Wildman–Crippen LogP) is 4.00. The van der Waals surface area contributed by atoms with Crippen LogP contribution in [0, 0.1) is 5.92 Å². The van der Waals surface area contributed by atoms with Crippen LogP contribution in [0.15, 0.2) is 12.1 Å². The highest BCUT2D eigenvalue weighted by Crippen LogP contribution is 2.48. The number of anilines is 1. The minimum atomic E-state index is -0.112. The first kappa shape index (κ1) is 23.2. The first-order chi connectivity index (χ1) is 16.1. The Morgan fingerprint density at radius 2 is 2.00 bits per heavy atom. The van der Waals surface area contributed by atoms with Crippen molar-refractivity contribution in [3.63, 3.8) is 0 Å². The molecule has 5 N–H and O–H groups in total. The van der Waals surface area contributed by atoms with Crippen molar-refractivity contribution in [2.24, 2.45) is 5.92 Å². The fourth-order valence-electron chi connectivity index (χ4n) is 6.00. The first-order valence-corrected chi connectivity index (χ1v) is 12.9. The van der Waals surface area contributed by atoms with Gasteiger partial charge in [0, 0.05) is 23.7 Å². The number of nitrogens with one attached hydrogen (secondary N) is 5. The average molecular weight is 476 g/mol. The molecule has 1 aromatic carbocycles. The monoisotopic (exact) mass is 475 g/mol. The molecule has 0 spiro atoms. The molecule has 2 fully saturated rings. The highest BCUT2D eigenvalue weighted by atomic mass is 35.5. The van der Waals surface area contributed by atoms with Gasteiger partial charge in [-0.15, -0.1) is 0 Å². The van der Waals surface area contributed by atoms with Crippen molar-refractivity contribution in [3.8, 4) is 11.5 Å². The average Bonchev–Trinajstić information content (AvgIpc) is 3.12. The van der Waals surface area contributed by atoms with Gasteiger partial charge in [-0.05, 0) is 64.1 Å². The van der Waals surface area contributed by atoms with E-state index in [-0.39, 0.29) is 24.8 Å². The van der Waals surface area contributed by atoms with Gasteiger partial charge in [-0.25, -0.2) is 0 Å². The number of ether oxygens (including phenoxy) is 2. The normalized spacial score (nSPS) is 30.6. The van der Waals surface area contributed by atoms with Gasteiger partial charge in [-0.2, -0.15) is 0 Å². The number of rotatable bonds is 5. The van der Waals surface area contributed by atoms with Crippen molar-refractivity contribution in [3.05, 3.63) is 22.7 Å². The highest BCUT2D eigenvalue weighted by molar-refractivity contribution is 6.35. The maximum atomic E-state index is 7.06. The third kappa shape index (κ3) is 4.84. The van der Waals surface area contributed by atoms with Crippen LogP contribution in [0.25, 0.3) is 5.57 Å². The van der Waals surface area contributed by atoms with Gasteiger partial charge < -0.3 is 25.4 Å². The van der Waals surface area contributed by atoms with E-state index < -0.39 is 0 Å². The maximum absolute atomic E-state index is 7.06. The molecule has 0 amide bonds. The van der Waals surface area contributed by atoms with Crippen LogP contribution in [0.2, 0.25) is 5.02 Å². The first-order valence-electron chi connectivity index (χ1n) is 12.6. The van der Waals surface area contributed by atoms with E-state index in [9.17, 15) is 0 Å². The predicted molar refractivity (Wildman–Crippen MR) is 134 cm³/mol. The Morgan fingerprint density at radius 3 is 2.82 bits per heavy atom. The second kappa shape index (κ2) is 10.0. The molecule has 3 unspecified atom stereocenters. The maximum Gasteiger partial charge on any atom is 0.231 e. The molecule has 4 aliphatic rings. The molecule has 33 heavy (non-hydrogen) atoms. The molecular weight excluding hydrogens is 438 g/mol. The molecule has 3 aliphatic heterocycles. The van der Waals surface area contributed by atoms with E-state index in [0.717, 1.165) is 55.1 Å². The summed E-state index contributed by atoms with van der Waals surface area (Å²) in [6.07, 6.45) is 12.0. The summed E-state index contributed by atoms with van der Waals surface area (Å²) in [5.41, 5.74) is 3.11. The summed E-state index contributed by atoms with van der Waals surface area (Å²) in [6, 6.07) is 1.98. The zero-order valence-electron chi connectivity index (χ0n) is 19.9. The van der Waals surface area contributed by atoms with Crippen molar-refractivity contribution in [2.75, 3.05) is 32.2 Å². The fraction of sp³-hybridized carbons (Fsp3) is 0.680. The molecule has 3 heterocycles. The second-order valence-electron chi connectivity index (χ2n) is 10.1. The van der Waals surface area contributed by atoms with E-state index in [1.54, 1.807) is 0 Å². The standard InChI is InChI=1S/C25H38ClN5O2/c1-25(17-8-4-3-5-9-17)14-20(27-2)30-24(31-25)29-18-13-19-23(33-15-32-19)21(22(18)26)16-7-6-11-28-12-10-16/h10,13,17,20,24,27-31H,3-9,11-12,14-15H2,1-2H3.